The molecule has 2 aromatic heterocycles. The number of ether oxygens (including phenoxy) is 2. The van der Waals surface area contributed by atoms with Crippen LogP contribution in [0.15, 0.2) is 6.20 Å². The van der Waals surface area contributed by atoms with E-state index in [9.17, 15) is 10.2 Å². The highest BCUT2D eigenvalue weighted by atomic mass is 31.0. The molecule has 120 valence electrons. The van der Waals surface area contributed by atoms with Gasteiger partial charge >= 0.3 is 0 Å². The smallest absolute Gasteiger partial charge is 0.263 e. The van der Waals surface area contributed by atoms with Gasteiger partial charge in [0.2, 0.25) is 11.6 Å². The first-order chi connectivity index (χ1) is 10.6. The van der Waals surface area contributed by atoms with Gasteiger partial charge in [-0.2, -0.15) is 4.98 Å². The summed E-state index contributed by atoms with van der Waals surface area (Å²) in [7, 11) is 2.53. The highest BCUT2D eigenvalue weighted by molar-refractivity contribution is 7.17. The van der Waals surface area contributed by atoms with Gasteiger partial charge in [-0.05, 0) is 6.92 Å². The van der Waals surface area contributed by atoms with Crippen LogP contribution in [-0.4, -0.2) is 60.9 Å². The van der Waals surface area contributed by atoms with E-state index in [-0.39, 0.29) is 18.2 Å². The summed E-state index contributed by atoms with van der Waals surface area (Å²) in [4.78, 5) is 8.28. The minimum absolute atomic E-state index is 0.0489. The van der Waals surface area contributed by atoms with E-state index in [1.165, 1.54) is 4.52 Å². The molecule has 0 aliphatic carbocycles. The normalized spacial score (nSPS) is 28.4. The zero-order valence-corrected chi connectivity index (χ0v) is 13.1. The third-order valence-electron chi connectivity index (χ3n) is 3.57. The molecule has 9 nitrogen and oxygen atoms in total. The third kappa shape index (κ3) is 2.40. The third-order valence-corrected chi connectivity index (χ3v) is 4.32. The molecule has 0 saturated carbocycles. The Morgan fingerprint density at radius 1 is 1.55 bits per heavy atom. The lowest BCUT2D eigenvalue weighted by molar-refractivity contribution is -0.0240. The van der Waals surface area contributed by atoms with E-state index >= 15 is 0 Å². The van der Waals surface area contributed by atoms with Crippen LogP contribution in [0.25, 0.3) is 5.65 Å². The first kappa shape index (κ1) is 15.4. The summed E-state index contributed by atoms with van der Waals surface area (Å²) in [5.74, 6) is 0.339. The predicted octanol–water partition coefficient (Wildman–Crippen LogP) is -0.858. The Morgan fingerprint density at radius 3 is 2.95 bits per heavy atom. The number of imidazole rings is 1. The van der Waals surface area contributed by atoms with Gasteiger partial charge in [0.05, 0.1) is 31.2 Å². The average Bonchev–Trinajstić information content (AvgIpc) is 3.02. The second-order valence-corrected chi connectivity index (χ2v) is 5.74. The van der Waals surface area contributed by atoms with Gasteiger partial charge in [-0.1, -0.05) is 0 Å². The van der Waals surface area contributed by atoms with Crippen LogP contribution in [0.2, 0.25) is 0 Å². The van der Waals surface area contributed by atoms with Crippen LogP contribution in [0.5, 0.6) is 5.88 Å². The van der Waals surface area contributed by atoms with Gasteiger partial charge in [0.1, 0.15) is 12.2 Å². The Hall–Kier alpha value is -1.54. The van der Waals surface area contributed by atoms with Crippen LogP contribution in [-0.2, 0) is 4.74 Å². The molecule has 22 heavy (non-hydrogen) atoms. The molecule has 1 aliphatic rings. The second kappa shape index (κ2) is 5.92. The molecule has 3 heterocycles. The number of nitrogens with zero attached hydrogens (tertiary/aromatic N) is 4. The Morgan fingerprint density at radius 2 is 2.32 bits per heavy atom. The summed E-state index contributed by atoms with van der Waals surface area (Å²) in [6.07, 6.45) is -0.351. The largest absolute Gasteiger partial charge is 0.475 e. The molecule has 0 aromatic carbocycles. The monoisotopic (exact) mass is 327 g/mol. The van der Waals surface area contributed by atoms with Gasteiger partial charge in [-0.15, -0.1) is 14.3 Å². The summed E-state index contributed by atoms with van der Waals surface area (Å²) in [5.41, 5.74) is 6.44. The number of aliphatic hydroxyl groups is 2. The first-order valence-corrected chi connectivity index (χ1v) is 7.57. The maximum Gasteiger partial charge on any atom is 0.263 e. The van der Waals surface area contributed by atoms with Gasteiger partial charge in [0, 0.05) is 5.66 Å². The molecular weight excluding hydrogens is 309 g/mol. The number of hydrogen-bond acceptors (Lipinski definition) is 8. The van der Waals surface area contributed by atoms with Crippen LogP contribution < -0.4 is 10.5 Å². The zero-order valence-electron chi connectivity index (χ0n) is 12.0. The van der Waals surface area contributed by atoms with E-state index < -0.39 is 18.3 Å². The van der Waals surface area contributed by atoms with Crippen LogP contribution in [0.1, 0.15) is 18.7 Å². The van der Waals surface area contributed by atoms with Crippen LogP contribution in [0.4, 0.5) is 5.95 Å². The molecule has 2 unspecified atom stereocenters. The van der Waals surface area contributed by atoms with Crippen molar-refractivity contribution in [2.24, 2.45) is 0 Å². The summed E-state index contributed by atoms with van der Waals surface area (Å²) in [6, 6.07) is 0. The number of hydrogen-bond donors (Lipinski definition) is 3. The maximum absolute atomic E-state index is 10.1. The lowest BCUT2D eigenvalue weighted by atomic mass is 10.1. The lowest BCUT2D eigenvalue weighted by Gasteiger charge is -2.14. The minimum atomic E-state index is -0.795. The predicted molar refractivity (Wildman–Crippen MR) is 80.6 cm³/mol. The van der Waals surface area contributed by atoms with Crippen LogP contribution >= 0.6 is 9.24 Å². The van der Waals surface area contributed by atoms with E-state index in [4.69, 9.17) is 15.2 Å². The van der Waals surface area contributed by atoms with Gasteiger partial charge in [-0.25, -0.2) is 9.50 Å². The average molecular weight is 327 g/mol. The SMILES string of the molecule is CCOc1nc(N)nn2c([C@@H]3OC(CO)[C@@H](O)[C@H]3P)cnc12. The first-order valence-electron chi connectivity index (χ1n) is 6.90. The molecule has 0 bridgehead atoms. The van der Waals surface area contributed by atoms with Gasteiger partial charge < -0.3 is 25.4 Å². The van der Waals surface area contributed by atoms with E-state index in [0.29, 0.717) is 23.8 Å². The van der Waals surface area contributed by atoms with Crippen LogP contribution in [0.3, 0.4) is 0 Å². The van der Waals surface area contributed by atoms with Crippen LogP contribution in [0, 0.1) is 0 Å². The van der Waals surface area contributed by atoms with Crippen molar-refractivity contribution >= 4 is 20.8 Å². The Bertz CT molecular complexity index is 681. The quantitative estimate of drug-likeness (QED) is 0.619. The topological polar surface area (TPSA) is 128 Å². The summed E-state index contributed by atoms with van der Waals surface area (Å²) in [6.45, 7) is 1.99. The van der Waals surface area contributed by atoms with Gasteiger partial charge in [0.15, 0.2) is 0 Å². The van der Waals surface area contributed by atoms with E-state index in [2.05, 4.69) is 24.3 Å². The van der Waals surface area contributed by atoms with Crippen molar-refractivity contribution in [2.45, 2.75) is 30.9 Å². The molecule has 0 radical (unpaired) electrons. The molecule has 10 heteroatoms. The standard InChI is InChI=1S/C12H18N5O4P/c1-2-20-11-10-14-3-5(17(10)16-12(13)15-11)8-9(22)7(19)6(4-18)21-8/h3,6-9,18-19H,2,4,22H2,1H3,(H2,13,16)/t6?,7-,8+,9-/m1/s1. The van der Waals surface area contributed by atoms with Crippen molar-refractivity contribution in [3.8, 4) is 5.88 Å². The van der Waals surface area contributed by atoms with E-state index in [0.717, 1.165) is 0 Å². The maximum atomic E-state index is 10.1. The molecule has 3 rings (SSSR count). The fraction of sp³-hybridized carbons (Fsp3) is 0.583. The van der Waals surface area contributed by atoms with E-state index in [1.54, 1.807) is 6.20 Å². The molecule has 5 atom stereocenters. The van der Waals surface area contributed by atoms with Crippen molar-refractivity contribution in [2.75, 3.05) is 18.9 Å². The molecule has 1 fully saturated rings. The molecule has 1 aliphatic heterocycles. The fourth-order valence-electron chi connectivity index (χ4n) is 2.52. The number of fused-ring (bicyclic) bond motifs is 1. The number of anilines is 1. The van der Waals surface area contributed by atoms with Crippen molar-refractivity contribution in [1.82, 2.24) is 19.6 Å². The van der Waals surface area contributed by atoms with Gasteiger partial charge in [-0.3, -0.25) is 0 Å². The fourth-order valence-corrected chi connectivity index (χ4v) is 3.06. The van der Waals surface area contributed by atoms with Crippen molar-refractivity contribution in [3.05, 3.63) is 11.9 Å². The van der Waals surface area contributed by atoms with Crippen molar-refractivity contribution in [1.29, 1.82) is 0 Å². The number of aromatic nitrogens is 4. The van der Waals surface area contributed by atoms with E-state index in [1.807, 2.05) is 6.92 Å². The molecule has 2 aromatic rings. The minimum Gasteiger partial charge on any atom is -0.475 e. The Balaban J connectivity index is 2.05. The summed E-state index contributed by atoms with van der Waals surface area (Å²) >= 11 is 0. The lowest BCUT2D eigenvalue weighted by Crippen LogP contribution is -2.29. The number of nitrogen functional groups attached to an aromatic ring is 1. The highest BCUT2D eigenvalue weighted by Crippen LogP contribution is 2.38. The summed E-state index contributed by atoms with van der Waals surface area (Å²) < 4.78 is 12.6. The second-order valence-electron chi connectivity index (χ2n) is 4.97. The van der Waals surface area contributed by atoms with Crippen molar-refractivity contribution in [3.63, 3.8) is 0 Å². The number of rotatable bonds is 4. The van der Waals surface area contributed by atoms with Crippen molar-refractivity contribution < 1.29 is 19.7 Å². The summed E-state index contributed by atoms with van der Waals surface area (Å²) in [5, 5.41) is 23.5. The molecule has 0 spiro atoms. The molecular formula is C12H18N5O4P. The van der Waals surface area contributed by atoms with Gasteiger partial charge in [0.25, 0.3) is 5.88 Å². The number of aliphatic hydroxyl groups excluding tert-OH is 2. The molecule has 0 amide bonds. The Kier molecular flexibility index (Phi) is 4.14. The molecule has 1 saturated heterocycles. The number of nitrogens with two attached hydrogens (primary N) is 1. The Labute approximate surface area is 128 Å². The zero-order chi connectivity index (χ0) is 15.9. The molecule has 4 N–H and O–H groups in total. The highest BCUT2D eigenvalue weighted by Gasteiger charge is 2.43.